The molecule has 0 aliphatic rings. The van der Waals surface area contributed by atoms with Crippen molar-refractivity contribution in [1.82, 2.24) is 0 Å². The molecule has 2 aromatic rings. The summed E-state index contributed by atoms with van der Waals surface area (Å²) in [7, 11) is 0. The minimum atomic E-state index is -1.06. The fourth-order valence-electron chi connectivity index (χ4n) is 2.12. The van der Waals surface area contributed by atoms with Crippen molar-refractivity contribution in [1.29, 1.82) is 0 Å². The van der Waals surface area contributed by atoms with Crippen LogP contribution in [-0.2, 0) is 11.2 Å². The second kappa shape index (κ2) is 6.09. The van der Waals surface area contributed by atoms with Crippen molar-refractivity contribution >= 4 is 23.4 Å². The summed E-state index contributed by atoms with van der Waals surface area (Å²) in [6.07, 6.45) is 2.86. The minimum Gasteiger partial charge on any atom is -0.478 e. The molecule has 4 nitrogen and oxygen atoms in total. The summed E-state index contributed by atoms with van der Waals surface area (Å²) in [6.45, 7) is 0. The van der Waals surface area contributed by atoms with Crippen LogP contribution in [0.5, 0.6) is 0 Å². The van der Waals surface area contributed by atoms with Crippen molar-refractivity contribution in [2.75, 3.05) is 11.5 Å². The smallest absolute Gasteiger partial charge is 0.328 e. The van der Waals surface area contributed by atoms with Gasteiger partial charge in [0.1, 0.15) is 5.82 Å². The average Bonchev–Trinajstić information content (AvgIpc) is 2.36. The fraction of sp³-hybridized carbons (Fsp3) is 0.0625. The van der Waals surface area contributed by atoms with Gasteiger partial charge in [0.15, 0.2) is 0 Å². The summed E-state index contributed by atoms with van der Waals surface area (Å²) in [5.74, 6) is -1.44. The maximum absolute atomic E-state index is 13.4. The molecule has 0 atom stereocenters. The first-order chi connectivity index (χ1) is 9.94. The highest BCUT2D eigenvalue weighted by atomic mass is 19.1. The van der Waals surface area contributed by atoms with E-state index in [0.717, 1.165) is 11.6 Å². The van der Waals surface area contributed by atoms with E-state index in [1.165, 1.54) is 18.2 Å². The Balaban J connectivity index is 2.37. The number of halogens is 1. The van der Waals surface area contributed by atoms with Crippen LogP contribution >= 0.6 is 0 Å². The highest BCUT2D eigenvalue weighted by Crippen LogP contribution is 2.21. The summed E-state index contributed by atoms with van der Waals surface area (Å²) in [5, 5.41) is 8.69. The molecule has 0 radical (unpaired) electrons. The van der Waals surface area contributed by atoms with Gasteiger partial charge in [-0.05, 0) is 59.5 Å². The Morgan fingerprint density at radius 2 is 1.81 bits per heavy atom. The van der Waals surface area contributed by atoms with E-state index in [2.05, 4.69) is 0 Å². The second-order valence-corrected chi connectivity index (χ2v) is 4.70. The molecule has 0 heterocycles. The largest absolute Gasteiger partial charge is 0.478 e. The van der Waals surface area contributed by atoms with Gasteiger partial charge in [-0.1, -0.05) is 6.07 Å². The first-order valence-corrected chi connectivity index (χ1v) is 6.28. The molecule has 2 rings (SSSR count). The quantitative estimate of drug-likeness (QED) is 0.595. The molecule has 0 aliphatic heterocycles. The number of carboxylic acids is 1. The maximum atomic E-state index is 13.4. The third-order valence-electron chi connectivity index (χ3n) is 2.94. The first-order valence-electron chi connectivity index (χ1n) is 6.28. The van der Waals surface area contributed by atoms with E-state index in [9.17, 15) is 9.18 Å². The normalized spacial score (nSPS) is 10.9. The van der Waals surface area contributed by atoms with E-state index in [1.54, 1.807) is 24.3 Å². The lowest BCUT2D eigenvalue weighted by molar-refractivity contribution is -0.131. The molecule has 5 N–H and O–H groups in total. The van der Waals surface area contributed by atoms with Crippen molar-refractivity contribution in [3.05, 3.63) is 65.0 Å². The van der Waals surface area contributed by atoms with Gasteiger partial charge in [-0.25, -0.2) is 9.18 Å². The molecule has 2 aromatic carbocycles. The van der Waals surface area contributed by atoms with Crippen LogP contribution in [0.25, 0.3) is 6.08 Å². The number of aliphatic carboxylic acids is 1. The summed E-state index contributed by atoms with van der Waals surface area (Å²) in [6, 6.07) is 9.36. The Labute approximate surface area is 121 Å². The monoisotopic (exact) mass is 286 g/mol. The molecular formula is C16H15FN2O2. The maximum Gasteiger partial charge on any atom is 0.328 e. The lowest BCUT2D eigenvalue weighted by atomic mass is 9.98. The van der Waals surface area contributed by atoms with Gasteiger partial charge in [-0.2, -0.15) is 0 Å². The van der Waals surface area contributed by atoms with Crippen molar-refractivity contribution in [3.63, 3.8) is 0 Å². The number of nitrogens with two attached hydrogens (primary N) is 2. The van der Waals surface area contributed by atoms with Crippen LogP contribution in [0.4, 0.5) is 15.8 Å². The number of carboxylic acid groups (broad SMARTS) is 1. The highest BCUT2D eigenvalue weighted by molar-refractivity contribution is 5.85. The van der Waals surface area contributed by atoms with E-state index in [4.69, 9.17) is 16.6 Å². The number of hydrogen-bond donors (Lipinski definition) is 3. The molecule has 108 valence electrons. The van der Waals surface area contributed by atoms with Gasteiger partial charge in [0.05, 0.1) is 0 Å². The molecule has 0 saturated carbocycles. The molecule has 0 unspecified atom stereocenters. The summed E-state index contributed by atoms with van der Waals surface area (Å²) >= 11 is 0. The van der Waals surface area contributed by atoms with Gasteiger partial charge >= 0.3 is 5.97 Å². The third kappa shape index (κ3) is 4.07. The zero-order valence-electron chi connectivity index (χ0n) is 11.2. The van der Waals surface area contributed by atoms with Crippen molar-refractivity contribution in [3.8, 4) is 0 Å². The Morgan fingerprint density at radius 3 is 2.43 bits per heavy atom. The van der Waals surface area contributed by atoms with Crippen LogP contribution in [-0.4, -0.2) is 11.1 Å². The number of rotatable bonds is 4. The molecule has 0 bridgehead atoms. The molecule has 5 heteroatoms. The highest BCUT2D eigenvalue weighted by Gasteiger charge is 2.05. The zero-order chi connectivity index (χ0) is 15.4. The first kappa shape index (κ1) is 14.6. The molecular weight excluding hydrogens is 271 g/mol. The van der Waals surface area contributed by atoms with E-state index < -0.39 is 5.97 Å². The number of benzene rings is 2. The molecule has 0 amide bonds. The van der Waals surface area contributed by atoms with Crippen LogP contribution in [0.15, 0.2) is 42.5 Å². The summed E-state index contributed by atoms with van der Waals surface area (Å²) in [4.78, 5) is 10.6. The van der Waals surface area contributed by atoms with Gasteiger partial charge in [0.2, 0.25) is 0 Å². The summed E-state index contributed by atoms with van der Waals surface area (Å²) in [5.41, 5.74) is 14.7. The van der Waals surface area contributed by atoms with Crippen LogP contribution in [0, 0.1) is 5.82 Å². The SMILES string of the molecule is Nc1cc(N)cc(Cc2cc(F)ccc2C=CC(=O)O)c1. The van der Waals surface area contributed by atoms with E-state index in [1.807, 2.05) is 0 Å². The average molecular weight is 286 g/mol. The Kier molecular flexibility index (Phi) is 4.23. The zero-order valence-corrected chi connectivity index (χ0v) is 11.2. The van der Waals surface area contributed by atoms with E-state index in [0.29, 0.717) is 28.9 Å². The summed E-state index contributed by atoms with van der Waals surface area (Å²) < 4.78 is 13.4. The molecule has 0 spiro atoms. The van der Waals surface area contributed by atoms with Crippen LogP contribution in [0.2, 0.25) is 0 Å². The van der Waals surface area contributed by atoms with E-state index >= 15 is 0 Å². The topological polar surface area (TPSA) is 89.3 Å². The Hall–Kier alpha value is -2.82. The third-order valence-corrected chi connectivity index (χ3v) is 2.94. The van der Waals surface area contributed by atoms with Gasteiger partial charge < -0.3 is 16.6 Å². The predicted molar refractivity (Wildman–Crippen MR) is 81.1 cm³/mol. The van der Waals surface area contributed by atoms with Gasteiger partial charge in [-0.15, -0.1) is 0 Å². The lowest BCUT2D eigenvalue weighted by Crippen LogP contribution is -1.97. The van der Waals surface area contributed by atoms with Crippen molar-refractivity contribution < 1.29 is 14.3 Å². The molecule has 0 saturated heterocycles. The predicted octanol–water partition coefficient (Wildman–Crippen LogP) is 2.68. The van der Waals surface area contributed by atoms with E-state index in [-0.39, 0.29) is 5.82 Å². The number of anilines is 2. The molecule has 0 aliphatic carbocycles. The van der Waals surface area contributed by atoms with Gasteiger partial charge in [0.25, 0.3) is 0 Å². The van der Waals surface area contributed by atoms with Crippen LogP contribution in [0.3, 0.4) is 0 Å². The Bertz CT molecular complexity index is 691. The van der Waals surface area contributed by atoms with Crippen molar-refractivity contribution in [2.45, 2.75) is 6.42 Å². The van der Waals surface area contributed by atoms with Crippen LogP contribution < -0.4 is 11.5 Å². The molecule has 21 heavy (non-hydrogen) atoms. The minimum absolute atomic E-state index is 0.380. The molecule has 0 fully saturated rings. The standard InChI is InChI=1S/C16H15FN2O2/c17-13-3-1-11(2-4-16(20)21)12(8-13)5-10-6-14(18)9-15(19)7-10/h1-4,6-9H,5,18-19H2,(H,20,21). The number of hydrogen-bond acceptors (Lipinski definition) is 3. The Morgan fingerprint density at radius 1 is 1.14 bits per heavy atom. The van der Waals surface area contributed by atoms with Crippen LogP contribution in [0.1, 0.15) is 16.7 Å². The van der Waals surface area contributed by atoms with Gasteiger partial charge in [0, 0.05) is 17.5 Å². The fourth-order valence-corrected chi connectivity index (χ4v) is 2.12. The molecule has 0 aromatic heterocycles. The lowest BCUT2D eigenvalue weighted by Gasteiger charge is -2.08. The second-order valence-electron chi connectivity index (χ2n) is 4.70. The number of carbonyl (C=O) groups is 1. The number of nitrogen functional groups attached to an aromatic ring is 2. The van der Waals surface area contributed by atoms with Crippen molar-refractivity contribution in [2.24, 2.45) is 0 Å². The van der Waals surface area contributed by atoms with Gasteiger partial charge in [-0.3, -0.25) is 0 Å².